The fourth-order valence-electron chi connectivity index (χ4n) is 4.26. The van der Waals surface area contributed by atoms with Crippen molar-refractivity contribution in [2.75, 3.05) is 26.1 Å². The maximum absolute atomic E-state index is 13.4. The molecule has 0 spiro atoms. The first-order valence-corrected chi connectivity index (χ1v) is 12.5. The molecule has 0 aliphatic carbocycles. The van der Waals surface area contributed by atoms with Crippen LogP contribution < -0.4 is 20.9 Å². The molecule has 3 heterocycles. The molecule has 10 nitrogen and oxygen atoms in total. The van der Waals surface area contributed by atoms with E-state index in [2.05, 4.69) is 20.8 Å². The molecule has 0 saturated heterocycles. The molecule has 11 heteroatoms. The molecule has 2 N–H and O–H groups in total. The molecule has 4 rings (SSSR count). The van der Waals surface area contributed by atoms with Crippen LogP contribution in [-0.2, 0) is 9.63 Å². The molecule has 0 bridgehead atoms. The molecule has 0 radical (unpaired) electrons. The fraction of sp³-hybridized carbons (Fsp3) is 0.296. The van der Waals surface area contributed by atoms with E-state index in [1.165, 1.54) is 37.1 Å². The van der Waals surface area contributed by atoms with Gasteiger partial charge in [-0.15, -0.1) is 0 Å². The molecule has 1 aliphatic heterocycles. The van der Waals surface area contributed by atoms with Gasteiger partial charge in [-0.25, -0.2) is 4.98 Å². The van der Waals surface area contributed by atoms with Crippen molar-refractivity contribution in [2.45, 2.75) is 32.2 Å². The predicted molar refractivity (Wildman–Crippen MR) is 145 cm³/mol. The van der Waals surface area contributed by atoms with Crippen molar-refractivity contribution in [3.8, 4) is 16.9 Å². The van der Waals surface area contributed by atoms with Crippen molar-refractivity contribution in [2.24, 2.45) is 5.16 Å². The Hall–Kier alpha value is -4.18. The second-order valence-electron chi connectivity index (χ2n) is 8.62. The van der Waals surface area contributed by atoms with E-state index in [4.69, 9.17) is 21.2 Å². The average molecular weight is 538 g/mol. The lowest BCUT2D eigenvalue weighted by atomic mass is 9.95. The molecule has 1 atom stereocenters. The van der Waals surface area contributed by atoms with Gasteiger partial charge in [0.2, 0.25) is 5.91 Å². The van der Waals surface area contributed by atoms with Gasteiger partial charge in [0.15, 0.2) is 0 Å². The number of anilines is 1. The molecule has 2 aromatic heterocycles. The highest BCUT2D eigenvalue weighted by Crippen LogP contribution is 2.35. The van der Waals surface area contributed by atoms with Crippen molar-refractivity contribution >= 4 is 34.8 Å². The Morgan fingerprint density at radius 2 is 2.00 bits per heavy atom. The third-order valence-corrected chi connectivity index (χ3v) is 6.38. The van der Waals surface area contributed by atoms with Crippen LogP contribution >= 0.6 is 11.6 Å². The van der Waals surface area contributed by atoms with Crippen LogP contribution in [0.2, 0.25) is 5.02 Å². The Balaban J connectivity index is 1.70. The summed E-state index contributed by atoms with van der Waals surface area (Å²) in [5, 5.41) is 9.90. The molecule has 0 saturated carbocycles. The Kier molecular flexibility index (Phi) is 8.42. The fourth-order valence-corrected chi connectivity index (χ4v) is 4.43. The lowest BCUT2D eigenvalue weighted by Crippen LogP contribution is -2.33. The van der Waals surface area contributed by atoms with Gasteiger partial charge in [-0.05, 0) is 36.2 Å². The highest BCUT2D eigenvalue weighted by Gasteiger charge is 2.25. The Labute approximate surface area is 224 Å². The van der Waals surface area contributed by atoms with E-state index in [1.807, 2.05) is 13.0 Å². The van der Waals surface area contributed by atoms with E-state index < -0.39 is 6.04 Å². The zero-order valence-electron chi connectivity index (χ0n) is 21.3. The number of aromatic nitrogens is 2. The third-order valence-electron chi connectivity index (χ3n) is 6.14. The molecule has 1 aliphatic rings. The first-order valence-electron chi connectivity index (χ1n) is 12.1. The first-order chi connectivity index (χ1) is 18.4. The molecule has 2 amide bonds. The van der Waals surface area contributed by atoms with Gasteiger partial charge in [-0.2, -0.15) is 0 Å². The number of halogens is 1. The SMILES string of the molecule is CCCC(C(=O)Nc1ccc(C(=O)NC)nc1)n1cc(OC)c(-c2cc(Cl)ccc2C2=NOCC2)cc1=O. The highest BCUT2D eigenvalue weighted by atomic mass is 35.5. The van der Waals surface area contributed by atoms with E-state index in [1.54, 1.807) is 24.4 Å². The van der Waals surface area contributed by atoms with Gasteiger partial charge < -0.3 is 20.2 Å². The van der Waals surface area contributed by atoms with Gasteiger partial charge in [0, 0.05) is 35.7 Å². The summed E-state index contributed by atoms with van der Waals surface area (Å²) in [6.07, 6.45) is 4.64. The van der Waals surface area contributed by atoms with Crippen molar-refractivity contribution in [1.29, 1.82) is 0 Å². The molecule has 1 aromatic carbocycles. The average Bonchev–Trinajstić information content (AvgIpc) is 3.46. The summed E-state index contributed by atoms with van der Waals surface area (Å²) in [5.74, 6) is -0.321. The number of pyridine rings is 2. The van der Waals surface area contributed by atoms with Crippen molar-refractivity contribution in [3.63, 3.8) is 0 Å². The third kappa shape index (κ3) is 5.70. The summed E-state index contributed by atoms with van der Waals surface area (Å²) in [6.45, 7) is 2.41. The maximum Gasteiger partial charge on any atom is 0.269 e. The van der Waals surface area contributed by atoms with E-state index >= 15 is 0 Å². The molecule has 3 aromatic rings. The number of hydrogen-bond donors (Lipinski definition) is 2. The lowest BCUT2D eigenvalue weighted by Gasteiger charge is -2.21. The van der Waals surface area contributed by atoms with Crippen LogP contribution in [0.25, 0.3) is 11.1 Å². The minimum atomic E-state index is -0.805. The second kappa shape index (κ2) is 11.9. The van der Waals surface area contributed by atoms with Gasteiger partial charge in [-0.1, -0.05) is 36.2 Å². The number of carbonyl (C=O) groups excluding carboxylic acids is 2. The van der Waals surface area contributed by atoms with Crippen LogP contribution in [0.3, 0.4) is 0 Å². The number of nitrogens with zero attached hydrogens (tertiary/aromatic N) is 3. The number of methoxy groups -OCH3 is 1. The number of hydrogen-bond acceptors (Lipinski definition) is 7. The standard InChI is InChI=1S/C27H28ClN5O5/c1-4-5-23(27(36)31-17-7-9-22(30-14-17)26(35)29-2)33-15-24(37-3)20(13-25(33)34)19-12-16(28)6-8-18(19)21-10-11-38-32-21/h6-9,12-15,23H,4-5,10-11H2,1-3H3,(H,29,35)(H,31,36). The maximum atomic E-state index is 13.4. The normalized spacial score (nSPS) is 13.3. The molecular weight excluding hydrogens is 510 g/mol. The summed E-state index contributed by atoms with van der Waals surface area (Å²) in [6, 6.07) is 9.08. The van der Waals surface area contributed by atoms with Gasteiger partial charge in [0.05, 0.1) is 30.9 Å². The summed E-state index contributed by atoms with van der Waals surface area (Å²) in [7, 11) is 3.01. The molecule has 198 valence electrons. The second-order valence-corrected chi connectivity index (χ2v) is 9.05. The van der Waals surface area contributed by atoms with Gasteiger partial charge in [0.1, 0.15) is 24.1 Å². The van der Waals surface area contributed by atoms with Gasteiger partial charge in [0.25, 0.3) is 11.5 Å². The van der Waals surface area contributed by atoms with Crippen LogP contribution in [0.4, 0.5) is 5.69 Å². The number of oxime groups is 1. The van der Waals surface area contributed by atoms with E-state index in [0.717, 1.165) is 11.3 Å². The topological polar surface area (TPSA) is 124 Å². The Bertz CT molecular complexity index is 1430. The molecule has 0 fully saturated rings. The zero-order chi connectivity index (χ0) is 27.2. The van der Waals surface area contributed by atoms with E-state index in [0.29, 0.717) is 53.5 Å². The first kappa shape index (κ1) is 26.9. The number of nitrogens with one attached hydrogen (secondary N) is 2. The Morgan fingerprint density at radius 1 is 1.18 bits per heavy atom. The van der Waals surface area contributed by atoms with Crippen LogP contribution in [0, 0.1) is 0 Å². The largest absolute Gasteiger partial charge is 0.495 e. The summed E-state index contributed by atoms with van der Waals surface area (Å²) < 4.78 is 7.04. The molecule has 1 unspecified atom stereocenters. The molecular formula is C27H28ClN5O5. The summed E-state index contributed by atoms with van der Waals surface area (Å²) in [5.41, 5.74) is 3.01. The Morgan fingerprint density at radius 3 is 2.63 bits per heavy atom. The number of amides is 2. The highest BCUT2D eigenvalue weighted by molar-refractivity contribution is 6.31. The zero-order valence-corrected chi connectivity index (χ0v) is 22.0. The van der Waals surface area contributed by atoms with E-state index in [-0.39, 0.29) is 23.1 Å². The number of ether oxygens (including phenoxy) is 1. The van der Waals surface area contributed by atoms with Crippen LogP contribution in [0.15, 0.2) is 58.7 Å². The number of carbonyl (C=O) groups is 2. The van der Waals surface area contributed by atoms with Crippen molar-refractivity contribution in [1.82, 2.24) is 14.9 Å². The summed E-state index contributed by atoms with van der Waals surface area (Å²) in [4.78, 5) is 47.7. The summed E-state index contributed by atoms with van der Waals surface area (Å²) >= 11 is 6.31. The molecule has 38 heavy (non-hydrogen) atoms. The number of benzene rings is 1. The quantitative estimate of drug-likeness (QED) is 0.424. The minimum absolute atomic E-state index is 0.225. The minimum Gasteiger partial charge on any atom is -0.495 e. The van der Waals surface area contributed by atoms with Gasteiger partial charge >= 0.3 is 0 Å². The van der Waals surface area contributed by atoms with Crippen molar-refractivity contribution < 1.29 is 19.2 Å². The van der Waals surface area contributed by atoms with Gasteiger partial charge in [-0.3, -0.25) is 19.0 Å². The monoisotopic (exact) mass is 537 g/mol. The van der Waals surface area contributed by atoms with E-state index in [9.17, 15) is 14.4 Å². The van der Waals surface area contributed by atoms with Crippen LogP contribution in [0.5, 0.6) is 5.75 Å². The van der Waals surface area contributed by atoms with Crippen LogP contribution in [0.1, 0.15) is 48.3 Å². The van der Waals surface area contributed by atoms with Crippen molar-refractivity contribution in [3.05, 3.63) is 75.4 Å². The van der Waals surface area contributed by atoms with Crippen LogP contribution in [-0.4, -0.2) is 47.8 Å². The predicted octanol–water partition coefficient (Wildman–Crippen LogP) is 4.04. The lowest BCUT2D eigenvalue weighted by molar-refractivity contribution is -0.119. The smallest absolute Gasteiger partial charge is 0.269 e. The number of rotatable bonds is 9.